The van der Waals surface area contributed by atoms with E-state index in [0.717, 1.165) is 6.42 Å². The highest BCUT2D eigenvalue weighted by Gasteiger charge is 2.15. The Kier molecular flexibility index (Phi) is 4.19. The molecule has 2 rings (SSSR count). The standard InChI is InChI=1S/C14H21N3S/c1-5-13(12-8-15-17(4)9-12)16-11(3)14-7-6-10(2)18-14/h6-9,11,13,16H,5H2,1-4H3/t11-,13+/m0/s1. The van der Waals surface area contributed by atoms with Crippen LogP contribution in [0.25, 0.3) is 0 Å². The highest BCUT2D eigenvalue weighted by Crippen LogP contribution is 2.26. The van der Waals surface area contributed by atoms with Crippen LogP contribution in [-0.4, -0.2) is 9.78 Å². The molecular formula is C14H21N3S. The van der Waals surface area contributed by atoms with Crippen LogP contribution in [-0.2, 0) is 7.05 Å². The molecule has 0 bridgehead atoms. The summed E-state index contributed by atoms with van der Waals surface area (Å²) in [6, 6.07) is 5.15. The van der Waals surface area contributed by atoms with Gasteiger partial charge in [-0.15, -0.1) is 11.3 Å². The SMILES string of the molecule is CC[C@@H](N[C@@H](C)c1ccc(C)s1)c1cnn(C)c1. The number of thiophene rings is 1. The number of rotatable bonds is 5. The Balaban J connectivity index is 2.06. The lowest BCUT2D eigenvalue weighted by atomic mass is 10.1. The fraction of sp³-hybridized carbons (Fsp3) is 0.500. The Morgan fingerprint density at radius 2 is 2.22 bits per heavy atom. The molecule has 2 atom stereocenters. The Labute approximate surface area is 113 Å². The molecule has 2 heterocycles. The molecular weight excluding hydrogens is 242 g/mol. The van der Waals surface area contributed by atoms with Gasteiger partial charge in [0.2, 0.25) is 0 Å². The Morgan fingerprint density at radius 3 is 2.72 bits per heavy atom. The van der Waals surface area contributed by atoms with Crippen molar-refractivity contribution >= 4 is 11.3 Å². The van der Waals surface area contributed by atoms with E-state index in [-0.39, 0.29) is 0 Å². The van der Waals surface area contributed by atoms with Crippen LogP contribution in [0.4, 0.5) is 0 Å². The third-order valence-electron chi connectivity index (χ3n) is 3.17. The van der Waals surface area contributed by atoms with Gasteiger partial charge in [0.15, 0.2) is 0 Å². The maximum Gasteiger partial charge on any atom is 0.0537 e. The van der Waals surface area contributed by atoms with Crippen molar-refractivity contribution in [2.75, 3.05) is 0 Å². The third-order valence-corrected chi connectivity index (χ3v) is 4.36. The first kappa shape index (κ1) is 13.3. The quantitative estimate of drug-likeness (QED) is 0.893. The summed E-state index contributed by atoms with van der Waals surface area (Å²) < 4.78 is 1.86. The molecule has 0 aliphatic rings. The molecule has 3 nitrogen and oxygen atoms in total. The summed E-state index contributed by atoms with van der Waals surface area (Å²) in [6.07, 6.45) is 5.11. The molecule has 98 valence electrons. The molecule has 18 heavy (non-hydrogen) atoms. The van der Waals surface area contributed by atoms with E-state index in [1.54, 1.807) is 0 Å². The van der Waals surface area contributed by atoms with E-state index in [1.807, 2.05) is 29.3 Å². The summed E-state index contributed by atoms with van der Waals surface area (Å²) in [5.74, 6) is 0. The molecule has 0 spiro atoms. The van der Waals surface area contributed by atoms with Crippen molar-refractivity contribution < 1.29 is 0 Å². The number of nitrogens with one attached hydrogen (secondary N) is 1. The Morgan fingerprint density at radius 1 is 1.44 bits per heavy atom. The Hall–Kier alpha value is -1.13. The summed E-state index contributed by atoms with van der Waals surface area (Å²) in [5, 5.41) is 7.93. The van der Waals surface area contributed by atoms with Crippen molar-refractivity contribution in [1.82, 2.24) is 15.1 Å². The van der Waals surface area contributed by atoms with E-state index >= 15 is 0 Å². The normalized spacial score (nSPS) is 14.7. The molecule has 2 aromatic rings. The van der Waals surface area contributed by atoms with E-state index in [9.17, 15) is 0 Å². The minimum atomic E-state index is 0.371. The molecule has 0 amide bonds. The molecule has 4 heteroatoms. The predicted octanol–water partition coefficient (Wildman–Crippen LogP) is 3.59. The van der Waals surface area contributed by atoms with Crippen LogP contribution in [0.2, 0.25) is 0 Å². The second-order valence-corrected chi connectivity index (χ2v) is 6.06. The van der Waals surface area contributed by atoms with Crippen LogP contribution in [0.5, 0.6) is 0 Å². The lowest BCUT2D eigenvalue weighted by molar-refractivity contribution is 0.460. The van der Waals surface area contributed by atoms with Crippen LogP contribution in [0.3, 0.4) is 0 Å². The van der Waals surface area contributed by atoms with Crippen LogP contribution in [0, 0.1) is 6.92 Å². The molecule has 0 saturated heterocycles. The molecule has 0 aromatic carbocycles. The summed E-state index contributed by atoms with van der Waals surface area (Å²) in [7, 11) is 1.96. The second-order valence-electron chi connectivity index (χ2n) is 4.74. The van der Waals surface area contributed by atoms with E-state index in [1.165, 1.54) is 15.3 Å². The average molecular weight is 263 g/mol. The van der Waals surface area contributed by atoms with Gasteiger partial charge in [-0.25, -0.2) is 0 Å². The van der Waals surface area contributed by atoms with Gasteiger partial charge in [-0.1, -0.05) is 6.92 Å². The number of hydrogen-bond donors (Lipinski definition) is 1. The van der Waals surface area contributed by atoms with Gasteiger partial charge in [-0.2, -0.15) is 5.10 Å². The van der Waals surface area contributed by atoms with Crippen molar-refractivity contribution in [2.24, 2.45) is 7.05 Å². The van der Waals surface area contributed by atoms with Crippen molar-refractivity contribution in [3.63, 3.8) is 0 Å². The largest absolute Gasteiger partial charge is 0.302 e. The first-order chi connectivity index (χ1) is 8.60. The minimum Gasteiger partial charge on any atom is -0.302 e. The van der Waals surface area contributed by atoms with E-state index < -0.39 is 0 Å². The zero-order valence-electron chi connectivity index (χ0n) is 11.5. The van der Waals surface area contributed by atoms with Gasteiger partial charge >= 0.3 is 0 Å². The molecule has 0 radical (unpaired) electrons. The van der Waals surface area contributed by atoms with Crippen molar-refractivity contribution in [3.05, 3.63) is 39.8 Å². The van der Waals surface area contributed by atoms with Crippen LogP contribution < -0.4 is 5.32 Å². The highest BCUT2D eigenvalue weighted by atomic mass is 32.1. The first-order valence-corrected chi connectivity index (χ1v) is 7.22. The van der Waals surface area contributed by atoms with E-state index in [2.05, 4.69) is 49.5 Å². The fourth-order valence-electron chi connectivity index (χ4n) is 2.14. The lowest BCUT2D eigenvalue weighted by Crippen LogP contribution is -2.23. The smallest absolute Gasteiger partial charge is 0.0537 e. The van der Waals surface area contributed by atoms with Gasteiger partial charge in [0.25, 0.3) is 0 Å². The minimum absolute atomic E-state index is 0.371. The maximum atomic E-state index is 4.25. The molecule has 2 aromatic heterocycles. The molecule has 0 saturated carbocycles. The van der Waals surface area contributed by atoms with Gasteiger partial charge in [0.05, 0.1) is 6.20 Å². The van der Waals surface area contributed by atoms with Crippen LogP contribution in [0.15, 0.2) is 24.5 Å². The molecule has 0 aliphatic heterocycles. The molecule has 0 fully saturated rings. The number of nitrogens with zero attached hydrogens (tertiary/aromatic N) is 2. The number of hydrogen-bond acceptors (Lipinski definition) is 3. The van der Waals surface area contributed by atoms with Gasteiger partial charge in [-0.3, -0.25) is 4.68 Å². The summed E-state index contributed by atoms with van der Waals surface area (Å²) in [5.41, 5.74) is 1.26. The van der Waals surface area contributed by atoms with Crippen molar-refractivity contribution in [2.45, 2.75) is 39.3 Å². The monoisotopic (exact) mass is 263 g/mol. The average Bonchev–Trinajstić information content (AvgIpc) is 2.94. The van der Waals surface area contributed by atoms with E-state index in [4.69, 9.17) is 0 Å². The summed E-state index contributed by atoms with van der Waals surface area (Å²) >= 11 is 1.87. The van der Waals surface area contributed by atoms with Crippen LogP contribution >= 0.6 is 11.3 Å². The first-order valence-electron chi connectivity index (χ1n) is 6.41. The maximum absolute atomic E-state index is 4.25. The zero-order chi connectivity index (χ0) is 13.1. The molecule has 0 aliphatic carbocycles. The van der Waals surface area contributed by atoms with Gasteiger partial charge in [0, 0.05) is 40.6 Å². The summed E-state index contributed by atoms with van der Waals surface area (Å²) in [4.78, 5) is 2.77. The molecule has 0 unspecified atom stereocenters. The van der Waals surface area contributed by atoms with Crippen LogP contribution in [0.1, 0.15) is 47.7 Å². The zero-order valence-corrected chi connectivity index (χ0v) is 12.3. The predicted molar refractivity (Wildman–Crippen MR) is 76.8 cm³/mol. The fourth-order valence-corrected chi connectivity index (χ4v) is 3.03. The third kappa shape index (κ3) is 3.00. The lowest BCUT2D eigenvalue weighted by Gasteiger charge is -2.20. The van der Waals surface area contributed by atoms with Gasteiger partial charge in [-0.05, 0) is 32.4 Å². The van der Waals surface area contributed by atoms with Gasteiger partial charge < -0.3 is 5.32 Å². The van der Waals surface area contributed by atoms with Crippen molar-refractivity contribution in [3.8, 4) is 0 Å². The highest BCUT2D eigenvalue weighted by molar-refractivity contribution is 7.12. The molecule has 1 N–H and O–H groups in total. The van der Waals surface area contributed by atoms with E-state index in [0.29, 0.717) is 12.1 Å². The number of aromatic nitrogens is 2. The number of aryl methyl sites for hydroxylation is 2. The second kappa shape index (κ2) is 5.67. The summed E-state index contributed by atoms with van der Waals surface area (Å²) in [6.45, 7) is 6.58. The van der Waals surface area contributed by atoms with Crippen molar-refractivity contribution in [1.29, 1.82) is 0 Å². The Bertz CT molecular complexity index is 501. The topological polar surface area (TPSA) is 29.9 Å². The van der Waals surface area contributed by atoms with Gasteiger partial charge in [0.1, 0.15) is 0 Å².